The fourth-order valence-corrected chi connectivity index (χ4v) is 2.77. The number of carbonyl (C=O) groups is 1. The number of benzene rings is 2. The molecular formula is C21H28N2O2. The lowest BCUT2D eigenvalue weighted by Gasteiger charge is -2.22. The van der Waals surface area contributed by atoms with Crippen molar-refractivity contribution in [2.45, 2.75) is 34.6 Å². The smallest absolute Gasteiger partial charge is 0.262 e. The third-order valence-electron chi connectivity index (χ3n) is 4.32. The normalized spacial score (nSPS) is 10.4. The molecule has 0 aromatic heterocycles. The molecule has 0 heterocycles. The summed E-state index contributed by atoms with van der Waals surface area (Å²) >= 11 is 0. The summed E-state index contributed by atoms with van der Waals surface area (Å²) in [6, 6.07) is 12.1. The summed E-state index contributed by atoms with van der Waals surface area (Å²) in [5.74, 6) is 0.600. The molecule has 0 aliphatic heterocycles. The van der Waals surface area contributed by atoms with Crippen LogP contribution in [-0.4, -0.2) is 25.6 Å². The minimum atomic E-state index is -0.153. The van der Waals surface area contributed by atoms with Crippen LogP contribution in [0.4, 0.5) is 11.4 Å². The molecule has 0 aliphatic carbocycles. The van der Waals surface area contributed by atoms with Gasteiger partial charge < -0.3 is 15.0 Å². The standard InChI is InChI=1S/C21H28N2O2/c1-6-23(7-2)18-10-11-19(17(5)13-18)22-21(24)14-25-20-12-15(3)8-9-16(20)4/h8-13H,6-7,14H2,1-5H3,(H,22,24). The number of hydrogen-bond donors (Lipinski definition) is 1. The third-order valence-corrected chi connectivity index (χ3v) is 4.32. The van der Waals surface area contributed by atoms with Gasteiger partial charge in [0.05, 0.1) is 0 Å². The summed E-state index contributed by atoms with van der Waals surface area (Å²) in [5, 5.41) is 2.93. The number of nitrogens with zero attached hydrogens (tertiary/aromatic N) is 1. The number of hydrogen-bond acceptors (Lipinski definition) is 3. The molecule has 25 heavy (non-hydrogen) atoms. The minimum absolute atomic E-state index is 0.00152. The minimum Gasteiger partial charge on any atom is -0.483 e. The zero-order chi connectivity index (χ0) is 18.4. The van der Waals surface area contributed by atoms with E-state index in [0.717, 1.165) is 41.2 Å². The molecule has 1 amide bonds. The quantitative estimate of drug-likeness (QED) is 0.808. The molecule has 2 aromatic carbocycles. The number of anilines is 2. The first-order chi connectivity index (χ1) is 11.9. The van der Waals surface area contributed by atoms with E-state index < -0.39 is 0 Å². The first-order valence-corrected chi connectivity index (χ1v) is 8.80. The monoisotopic (exact) mass is 340 g/mol. The zero-order valence-electron chi connectivity index (χ0n) is 15.8. The molecule has 0 radical (unpaired) electrons. The zero-order valence-corrected chi connectivity index (χ0v) is 15.8. The van der Waals surface area contributed by atoms with Gasteiger partial charge in [-0.1, -0.05) is 12.1 Å². The molecule has 0 fully saturated rings. The SMILES string of the molecule is CCN(CC)c1ccc(NC(=O)COc2cc(C)ccc2C)c(C)c1. The van der Waals surface area contributed by atoms with Gasteiger partial charge in [0.15, 0.2) is 6.61 Å². The summed E-state index contributed by atoms with van der Waals surface area (Å²) in [5.41, 5.74) is 5.18. The lowest BCUT2D eigenvalue weighted by atomic mass is 10.1. The average molecular weight is 340 g/mol. The van der Waals surface area contributed by atoms with Crippen molar-refractivity contribution in [2.75, 3.05) is 29.9 Å². The maximum atomic E-state index is 12.2. The Balaban J connectivity index is 1.99. The van der Waals surface area contributed by atoms with Crippen LogP contribution < -0.4 is 15.0 Å². The second-order valence-corrected chi connectivity index (χ2v) is 6.28. The summed E-state index contributed by atoms with van der Waals surface area (Å²) in [6.45, 7) is 12.2. The molecule has 0 bridgehead atoms. The molecule has 4 nitrogen and oxygen atoms in total. The van der Waals surface area contributed by atoms with Crippen LogP contribution in [-0.2, 0) is 4.79 Å². The van der Waals surface area contributed by atoms with Gasteiger partial charge in [0.2, 0.25) is 0 Å². The molecule has 1 N–H and O–H groups in total. The molecule has 134 valence electrons. The summed E-state index contributed by atoms with van der Waals surface area (Å²) < 4.78 is 5.67. The predicted molar refractivity (Wildman–Crippen MR) is 105 cm³/mol. The van der Waals surface area contributed by atoms with E-state index in [2.05, 4.69) is 30.1 Å². The van der Waals surface area contributed by atoms with Crippen molar-refractivity contribution in [1.82, 2.24) is 0 Å². The Morgan fingerprint density at radius 2 is 1.72 bits per heavy atom. The fraction of sp³-hybridized carbons (Fsp3) is 0.381. The molecule has 0 atom stereocenters. The molecule has 2 rings (SSSR count). The van der Waals surface area contributed by atoms with E-state index in [1.165, 1.54) is 5.69 Å². The maximum Gasteiger partial charge on any atom is 0.262 e. The number of carbonyl (C=O) groups excluding carboxylic acids is 1. The summed E-state index contributed by atoms with van der Waals surface area (Å²) in [4.78, 5) is 14.5. The second-order valence-electron chi connectivity index (χ2n) is 6.28. The Bertz CT molecular complexity index is 737. The fourth-order valence-electron chi connectivity index (χ4n) is 2.77. The van der Waals surface area contributed by atoms with E-state index in [1.54, 1.807) is 0 Å². The van der Waals surface area contributed by atoms with E-state index in [4.69, 9.17) is 4.74 Å². The van der Waals surface area contributed by atoms with Crippen LogP contribution in [0.2, 0.25) is 0 Å². The second kappa shape index (κ2) is 8.56. The Hall–Kier alpha value is -2.49. The number of amides is 1. The van der Waals surface area contributed by atoms with Crippen LogP contribution in [0.3, 0.4) is 0 Å². The van der Waals surface area contributed by atoms with Gasteiger partial charge in [-0.15, -0.1) is 0 Å². The van der Waals surface area contributed by atoms with Crippen LogP contribution in [0.25, 0.3) is 0 Å². The van der Waals surface area contributed by atoms with Crippen molar-refractivity contribution in [3.63, 3.8) is 0 Å². The van der Waals surface area contributed by atoms with Crippen LogP contribution >= 0.6 is 0 Å². The van der Waals surface area contributed by atoms with Crippen molar-refractivity contribution in [3.8, 4) is 5.75 Å². The van der Waals surface area contributed by atoms with Gasteiger partial charge in [-0.3, -0.25) is 4.79 Å². The van der Waals surface area contributed by atoms with E-state index in [1.807, 2.05) is 51.1 Å². The van der Waals surface area contributed by atoms with Gasteiger partial charge in [0.25, 0.3) is 5.91 Å². The molecule has 0 aliphatic rings. The highest BCUT2D eigenvalue weighted by Gasteiger charge is 2.09. The number of nitrogens with one attached hydrogen (secondary N) is 1. The van der Waals surface area contributed by atoms with Crippen LogP contribution in [0.1, 0.15) is 30.5 Å². The van der Waals surface area contributed by atoms with E-state index in [9.17, 15) is 4.79 Å². The topological polar surface area (TPSA) is 41.6 Å². The average Bonchev–Trinajstić information content (AvgIpc) is 2.59. The molecule has 0 saturated heterocycles. The number of ether oxygens (including phenoxy) is 1. The van der Waals surface area contributed by atoms with Gasteiger partial charge >= 0.3 is 0 Å². The van der Waals surface area contributed by atoms with Crippen LogP contribution in [0.15, 0.2) is 36.4 Å². The van der Waals surface area contributed by atoms with Crippen LogP contribution in [0.5, 0.6) is 5.75 Å². The van der Waals surface area contributed by atoms with E-state index in [0.29, 0.717) is 0 Å². The van der Waals surface area contributed by atoms with Gasteiger partial charge in [-0.2, -0.15) is 0 Å². The highest BCUT2D eigenvalue weighted by molar-refractivity contribution is 5.92. The Kier molecular flexibility index (Phi) is 6.45. The van der Waals surface area contributed by atoms with Crippen molar-refractivity contribution in [1.29, 1.82) is 0 Å². The molecule has 4 heteroatoms. The molecule has 0 unspecified atom stereocenters. The van der Waals surface area contributed by atoms with Crippen LogP contribution in [0, 0.1) is 20.8 Å². The number of aryl methyl sites for hydroxylation is 3. The maximum absolute atomic E-state index is 12.2. The van der Waals surface area contributed by atoms with Gasteiger partial charge in [0, 0.05) is 24.5 Å². The molecule has 0 saturated carbocycles. The van der Waals surface area contributed by atoms with Crippen molar-refractivity contribution in [2.24, 2.45) is 0 Å². The first kappa shape index (κ1) is 18.8. The van der Waals surface area contributed by atoms with Gasteiger partial charge in [0.1, 0.15) is 5.75 Å². The lowest BCUT2D eigenvalue weighted by Crippen LogP contribution is -2.23. The largest absolute Gasteiger partial charge is 0.483 e. The van der Waals surface area contributed by atoms with Gasteiger partial charge in [-0.05, 0) is 75.6 Å². The number of rotatable bonds is 7. The van der Waals surface area contributed by atoms with E-state index >= 15 is 0 Å². The summed E-state index contributed by atoms with van der Waals surface area (Å²) in [7, 11) is 0. The first-order valence-electron chi connectivity index (χ1n) is 8.80. The predicted octanol–water partition coefficient (Wildman–Crippen LogP) is 4.48. The lowest BCUT2D eigenvalue weighted by molar-refractivity contribution is -0.118. The van der Waals surface area contributed by atoms with E-state index in [-0.39, 0.29) is 12.5 Å². The summed E-state index contributed by atoms with van der Waals surface area (Å²) in [6.07, 6.45) is 0. The molecular weight excluding hydrogens is 312 g/mol. The molecule has 2 aromatic rings. The third kappa shape index (κ3) is 4.99. The Labute approximate surface area is 150 Å². The van der Waals surface area contributed by atoms with Crippen molar-refractivity contribution in [3.05, 3.63) is 53.1 Å². The van der Waals surface area contributed by atoms with Crippen molar-refractivity contribution >= 4 is 17.3 Å². The Morgan fingerprint density at radius 3 is 2.36 bits per heavy atom. The van der Waals surface area contributed by atoms with Crippen molar-refractivity contribution < 1.29 is 9.53 Å². The van der Waals surface area contributed by atoms with Gasteiger partial charge in [-0.25, -0.2) is 0 Å². The highest BCUT2D eigenvalue weighted by atomic mass is 16.5. The molecule has 0 spiro atoms. The Morgan fingerprint density at radius 1 is 1.00 bits per heavy atom. The highest BCUT2D eigenvalue weighted by Crippen LogP contribution is 2.23.